The molecule has 0 aromatic heterocycles. The van der Waals surface area contributed by atoms with Crippen LogP contribution in [0.15, 0.2) is 0 Å². The molecule has 0 saturated carbocycles. The van der Waals surface area contributed by atoms with Crippen LogP contribution in [0.5, 0.6) is 0 Å². The molecule has 1 nitrogen and oxygen atoms in total. The lowest BCUT2D eigenvalue weighted by molar-refractivity contribution is 0.590. The number of hydrogen-bond acceptors (Lipinski definition) is 1. The van der Waals surface area contributed by atoms with Crippen LogP contribution in [0.3, 0.4) is 0 Å². The number of rotatable bonds is 1. The smallest absolute Gasteiger partial charge is 0.210 e. The van der Waals surface area contributed by atoms with E-state index in [9.17, 15) is 4.57 Å². The predicted octanol–water partition coefficient (Wildman–Crippen LogP) is 3.38. The van der Waals surface area contributed by atoms with Crippen LogP contribution in [0.2, 0.25) is 0 Å². The van der Waals surface area contributed by atoms with Gasteiger partial charge in [-0.05, 0) is 31.0 Å². The van der Waals surface area contributed by atoms with Gasteiger partial charge in [0.05, 0.1) is 0 Å². The molecule has 0 saturated heterocycles. The van der Waals surface area contributed by atoms with E-state index in [0.717, 1.165) is 0 Å². The molecule has 0 aromatic rings. The minimum atomic E-state index is -2.11. The van der Waals surface area contributed by atoms with Crippen molar-refractivity contribution in [1.29, 1.82) is 0 Å². The monoisotopic (exact) mass is 248 g/mol. The summed E-state index contributed by atoms with van der Waals surface area (Å²) < 4.78 is 8.64. The fourth-order valence-electron chi connectivity index (χ4n) is 0. The van der Waals surface area contributed by atoms with E-state index in [2.05, 4.69) is 31.0 Å². The summed E-state index contributed by atoms with van der Waals surface area (Å²) in [6.07, 6.45) is 0. The number of halogens is 2. The van der Waals surface area contributed by atoms with Gasteiger partial charge in [0.2, 0.25) is 4.55 Å². The van der Waals surface area contributed by atoms with Crippen molar-refractivity contribution in [3.05, 3.63) is 0 Å². The molecule has 7 heavy (non-hydrogen) atoms. The lowest BCUT2D eigenvalue weighted by atomic mass is 10.6. The van der Waals surface area contributed by atoms with E-state index < -0.39 is 4.55 Å². The van der Waals surface area contributed by atoms with E-state index in [1.54, 1.807) is 0 Å². The Labute approximate surface area is 59.7 Å². The first-order chi connectivity index (χ1) is 2.94. The first kappa shape index (κ1) is 8.19. The van der Waals surface area contributed by atoms with E-state index in [4.69, 9.17) is 0 Å². The Kier molecular flexibility index (Phi) is 3.10. The van der Waals surface area contributed by atoms with Crippen molar-refractivity contribution in [2.24, 2.45) is 0 Å². The highest BCUT2D eigenvalue weighted by Gasteiger charge is 2.16. The van der Waals surface area contributed by atoms with Crippen molar-refractivity contribution < 1.29 is 4.57 Å². The lowest BCUT2D eigenvalue weighted by Gasteiger charge is -2.03. The zero-order valence-electron chi connectivity index (χ0n) is 4.19. The Morgan fingerprint density at radius 3 is 1.57 bits per heavy atom. The zero-order valence-corrected chi connectivity index (χ0v) is 8.26. The van der Waals surface area contributed by atoms with Crippen molar-refractivity contribution in [3.63, 3.8) is 0 Å². The van der Waals surface area contributed by atoms with Gasteiger partial charge in [-0.2, -0.15) is 0 Å². The van der Waals surface area contributed by atoms with Crippen molar-refractivity contribution in [2.75, 3.05) is 0 Å². The normalized spacial score (nSPS) is 12.7. The molecule has 0 aliphatic carbocycles. The molecular weight excluding hydrogens is 243 g/mol. The largest absolute Gasteiger partial charge is 0.299 e. The molecule has 0 radical (unpaired) electrons. The van der Waals surface area contributed by atoms with Crippen LogP contribution in [0.4, 0.5) is 0 Å². The third-order valence-corrected chi connectivity index (χ3v) is 6.72. The molecule has 0 fully saturated rings. The highest BCUT2D eigenvalue weighted by Crippen LogP contribution is 2.65. The van der Waals surface area contributed by atoms with Crippen LogP contribution in [0.25, 0.3) is 0 Å². The third kappa shape index (κ3) is 3.75. The Morgan fingerprint density at radius 2 is 1.57 bits per heavy atom. The first-order valence-electron chi connectivity index (χ1n) is 1.93. The standard InChI is InChI=1S/C3H7Br2OP/c1-3(2)7(4,5)6/h3H,1-2H3. The zero-order chi connectivity index (χ0) is 6.08. The van der Waals surface area contributed by atoms with Gasteiger partial charge in [-0.25, -0.2) is 0 Å². The summed E-state index contributed by atoms with van der Waals surface area (Å²) in [5, 5.41) is 0. The van der Waals surface area contributed by atoms with Crippen molar-refractivity contribution in [1.82, 2.24) is 0 Å². The van der Waals surface area contributed by atoms with Crippen molar-refractivity contribution in [2.45, 2.75) is 19.5 Å². The second kappa shape index (κ2) is 2.65. The van der Waals surface area contributed by atoms with Gasteiger partial charge in [0.25, 0.3) is 0 Å². The van der Waals surface area contributed by atoms with E-state index in [-0.39, 0.29) is 5.66 Å². The van der Waals surface area contributed by atoms with Crippen LogP contribution >= 0.6 is 35.5 Å². The molecule has 4 heteroatoms. The van der Waals surface area contributed by atoms with E-state index >= 15 is 0 Å². The average Bonchev–Trinajstić information content (AvgIpc) is 1.31. The average molecular weight is 250 g/mol. The molecule has 0 bridgehead atoms. The number of hydrogen-bond donors (Lipinski definition) is 0. The summed E-state index contributed by atoms with van der Waals surface area (Å²) in [5.74, 6) is 0. The van der Waals surface area contributed by atoms with Crippen LogP contribution in [0, 0.1) is 0 Å². The molecule has 44 valence electrons. The summed E-state index contributed by atoms with van der Waals surface area (Å²) in [7, 11) is 0. The van der Waals surface area contributed by atoms with Gasteiger partial charge < -0.3 is 0 Å². The summed E-state index contributed by atoms with van der Waals surface area (Å²) in [6.45, 7) is 3.79. The second-order valence-electron chi connectivity index (χ2n) is 1.60. The van der Waals surface area contributed by atoms with Crippen LogP contribution in [-0.2, 0) is 4.57 Å². The lowest BCUT2D eigenvalue weighted by Crippen LogP contribution is -1.83. The molecule has 0 rings (SSSR count). The molecule has 0 N–H and O–H groups in total. The van der Waals surface area contributed by atoms with Gasteiger partial charge in [-0.3, -0.25) is 4.57 Å². The van der Waals surface area contributed by atoms with E-state index in [1.807, 2.05) is 13.8 Å². The van der Waals surface area contributed by atoms with Crippen LogP contribution < -0.4 is 0 Å². The first-order valence-corrected chi connectivity index (χ1v) is 7.75. The minimum absolute atomic E-state index is 0.187. The van der Waals surface area contributed by atoms with Crippen LogP contribution in [0.1, 0.15) is 13.8 Å². The van der Waals surface area contributed by atoms with Crippen molar-refractivity contribution >= 4 is 35.5 Å². The molecule has 0 aromatic carbocycles. The maximum atomic E-state index is 10.7. The molecule has 0 aliphatic rings. The molecule has 0 unspecified atom stereocenters. The molecule has 0 aliphatic heterocycles. The van der Waals surface area contributed by atoms with Crippen molar-refractivity contribution in [3.8, 4) is 0 Å². The third-order valence-electron chi connectivity index (χ3n) is 0.601. The molecule has 0 amide bonds. The quantitative estimate of drug-likeness (QED) is 0.652. The second-order valence-corrected chi connectivity index (χ2v) is 12.8. The Bertz CT molecular complexity index is 95.1. The fourth-order valence-corrected chi connectivity index (χ4v) is 0. The van der Waals surface area contributed by atoms with Gasteiger partial charge in [0.15, 0.2) is 0 Å². The maximum Gasteiger partial charge on any atom is 0.210 e. The molecule has 0 heterocycles. The Morgan fingerprint density at radius 1 is 1.43 bits per heavy atom. The minimum Gasteiger partial charge on any atom is -0.299 e. The molecular formula is C3H7Br2OP. The van der Waals surface area contributed by atoms with Gasteiger partial charge in [-0.15, -0.1) is 0 Å². The van der Waals surface area contributed by atoms with Gasteiger partial charge >= 0.3 is 0 Å². The summed E-state index contributed by atoms with van der Waals surface area (Å²) in [6, 6.07) is 0. The fraction of sp³-hybridized carbons (Fsp3) is 1.00. The topological polar surface area (TPSA) is 17.1 Å². The maximum absolute atomic E-state index is 10.7. The predicted molar refractivity (Wildman–Crippen MR) is 40.6 cm³/mol. The highest BCUT2D eigenvalue weighted by atomic mass is 79.9. The van der Waals surface area contributed by atoms with Crippen LogP contribution in [-0.4, -0.2) is 5.66 Å². The van der Waals surface area contributed by atoms with Gasteiger partial charge in [0, 0.05) is 5.66 Å². The van der Waals surface area contributed by atoms with Gasteiger partial charge in [0.1, 0.15) is 0 Å². The highest BCUT2D eigenvalue weighted by molar-refractivity contribution is 9.70. The van der Waals surface area contributed by atoms with E-state index in [1.165, 1.54) is 0 Å². The summed E-state index contributed by atoms with van der Waals surface area (Å²) >= 11 is 6.03. The molecule has 0 spiro atoms. The Hall–Kier alpha value is 1.19. The SMILES string of the molecule is CC(C)P(=O)(Br)Br. The summed E-state index contributed by atoms with van der Waals surface area (Å²) in [4.78, 5) is 0. The van der Waals surface area contributed by atoms with E-state index in [0.29, 0.717) is 0 Å². The summed E-state index contributed by atoms with van der Waals surface area (Å²) in [5.41, 5.74) is 0.187. The van der Waals surface area contributed by atoms with Gasteiger partial charge in [-0.1, -0.05) is 13.8 Å². The Balaban J connectivity index is 3.80. The molecule has 0 atom stereocenters.